The molecule has 3 aromatic carbocycles. The third-order valence-corrected chi connectivity index (χ3v) is 7.86. The molecular formula is C27H25Cl2N3O5S. The fourth-order valence-corrected chi connectivity index (χ4v) is 5.81. The molecule has 1 aliphatic heterocycles. The highest BCUT2D eigenvalue weighted by Crippen LogP contribution is 2.47. The smallest absolute Gasteiger partial charge is 0.346 e. The number of rotatable bonds is 7. The lowest BCUT2D eigenvalue weighted by atomic mass is 10.0. The van der Waals surface area contributed by atoms with Crippen LogP contribution >= 0.6 is 35.0 Å². The molecule has 0 saturated carbocycles. The highest BCUT2D eigenvalue weighted by molar-refractivity contribution is 7.99. The maximum Gasteiger partial charge on any atom is 0.346 e. The van der Waals surface area contributed by atoms with Crippen LogP contribution in [0.1, 0.15) is 26.7 Å². The lowest BCUT2D eigenvalue weighted by molar-refractivity contribution is -0.385. The van der Waals surface area contributed by atoms with Gasteiger partial charge in [0.05, 0.1) is 15.9 Å². The van der Waals surface area contributed by atoms with E-state index in [2.05, 4.69) is 0 Å². The molecule has 0 saturated heterocycles. The number of halogens is 2. The van der Waals surface area contributed by atoms with E-state index in [4.69, 9.17) is 27.9 Å². The molecule has 2 atom stereocenters. The van der Waals surface area contributed by atoms with E-state index in [-0.39, 0.29) is 10.6 Å². The van der Waals surface area contributed by atoms with Gasteiger partial charge < -0.3 is 14.5 Å². The Bertz CT molecular complexity index is 1380. The summed E-state index contributed by atoms with van der Waals surface area (Å²) in [6.45, 7) is 2.83. The summed E-state index contributed by atoms with van der Waals surface area (Å²) in [5.74, 6) is -1.42. The number of likely N-dealkylation sites (N-methyl/N-ethyl adjacent to an activating group) is 1. The zero-order valence-corrected chi connectivity index (χ0v) is 23.2. The molecule has 0 aromatic heterocycles. The molecule has 0 bridgehead atoms. The second kappa shape index (κ2) is 11.7. The Morgan fingerprint density at radius 3 is 2.39 bits per heavy atom. The third kappa shape index (κ3) is 6.13. The number of hydrogen-bond acceptors (Lipinski definition) is 7. The summed E-state index contributed by atoms with van der Waals surface area (Å²) >= 11 is 13.6. The van der Waals surface area contributed by atoms with E-state index in [9.17, 15) is 19.7 Å². The predicted octanol–water partition coefficient (Wildman–Crippen LogP) is 6.18. The van der Waals surface area contributed by atoms with E-state index in [1.165, 1.54) is 23.9 Å². The standard InChI is InChI=1S/C27H25Cl2N3O5S/c1-16-4-6-17(7-5-16)25-24(37-27(34)20-10-8-18(28)14-22(20)32(35)36)26(33)31(13-12-30(2)3)21-11-9-19(29)15-23(21)38-25/h4-11,14-15,24-25H,12-13H2,1-3H3/t24?,25-/m0/s1. The maximum absolute atomic E-state index is 14.1. The first kappa shape index (κ1) is 27.9. The molecule has 0 N–H and O–H groups in total. The van der Waals surface area contributed by atoms with Crippen LogP contribution in [0.5, 0.6) is 0 Å². The van der Waals surface area contributed by atoms with Crippen molar-refractivity contribution in [2.45, 2.75) is 23.2 Å². The second-order valence-electron chi connectivity index (χ2n) is 9.10. The highest BCUT2D eigenvalue weighted by Gasteiger charge is 2.42. The lowest BCUT2D eigenvalue weighted by Gasteiger charge is -2.28. The Labute approximate surface area is 234 Å². The van der Waals surface area contributed by atoms with Gasteiger partial charge in [0.15, 0.2) is 6.10 Å². The Hall–Kier alpha value is -3.11. The van der Waals surface area contributed by atoms with Gasteiger partial charge in [0, 0.05) is 34.1 Å². The van der Waals surface area contributed by atoms with Crippen LogP contribution in [0.15, 0.2) is 65.6 Å². The second-order valence-corrected chi connectivity index (χ2v) is 11.2. The van der Waals surface area contributed by atoms with Gasteiger partial charge in [-0.1, -0.05) is 53.0 Å². The molecule has 11 heteroatoms. The quantitative estimate of drug-likeness (QED) is 0.189. The number of carbonyl (C=O) groups is 2. The lowest BCUT2D eigenvalue weighted by Crippen LogP contribution is -2.45. The van der Waals surface area contributed by atoms with Crippen LogP contribution in [0.2, 0.25) is 10.0 Å². The molecule has 0 aliphatic carbocycles. The minimum absolute atomic E-state index is 0.106. The number of aryl methyl sites for hydroxylation is 1. The molecule has 1 aliphatic rings. The Balaban J connectivity index is 1.82. The number of nitro benzene ring substituents is 1. The number of benzene rings is 3. The van der Waals surface area contributed by atoms with Gasteiger partial charge in [0.2, 0.25) is 0 Å². The summed E-state index contributed by atoms with van der Waals surface area (Å²) in [6, 6.07) is 16.5. The van der Waals surface area contributed by atoms with Crippen molar-refractivity contribution in [3.05, 3.63) is 97.5 Å². The van der Waals surface area contributed by atoms with Crippen LogP contribution in [0.25, 0.3) is 0 Å². The maximum atomic E-state index is 14.1. The van der Waals surface area contributed by atoms with Crippen LogP contribution in [-0.4, -0.2) is 55.0 Å². The molecule has 3 aromatic rings. The number of nitro groups is 1. The Morgan fingerprint density at radius 2 is 1.74 bits per heavy atom. The predicted molar refractivity (Wildman–Crippen MR) is 149 cm³/mol. The minimum atomic E-state index is -1.28. The molecule has 1 amide bonds. The zero-order chi connectivity index (χ0) is 27.6. The summed E-state index contributed by atoms with van der Waals surface area (Å²) in [5.41, 5.74) is 1.66. The van der Waals surface area contributed by atoms with Crippen molar-refractivity contribution < 1.29 is 19.2 Å². The number of esters is 1. The molecular weight excluding hydrogens is 549 g/mol. The summed E-state index contributed by atoms with van der Waals surface area (Å²) in [6.07, 6.45) is -1.28. The van der Waals surface area contributed by atoms with E-state index in [0.717, 1.165) is 22.1 Å². The fraction of sp³-hybridized carbons (Fsp3) is 0.259. The molecule has 1 heterocycles. The van der Waals surface area contributed by atoms with Crippen molar-refractivity contribution in [2.24, 2.45) is 0 Å². The van der Waals surface area contributed by atoms with Gasteiger partial charge in [-0.3, -0.25) is 14.9 Å². The molecule has 0 spiro atoms. The number of amides is 1. The van der Waals surface area contributed by atoms with Crippen molar-refractivity contribution in [3.8, 4) is 0 Å². The SMILES string of the molecule is Cc1ccc([C@@H]2Sc3cc(Cl)ccc3N(CCN(C)C)C(=O)C2OC(=O)c2ccc(Cl)cc2[N+](=O)[O-])cc1. The molecule has 4 rings (SSSR count). The molecule has 38 heavy (non-hydrogen) atoms. The van der Waals surface area contributed by atoms with Gasteiger partial charge in [-0.05, 0) is 56.9 Å². The number of anilines is 1. The van der Waals surface area contributed by atoms with E-state index in [1.54, 1.807) is 23.1 Å². The summed E-state index contributed by atoms with van der Waals surface area (Å²) < 4.78 is 5.85. The average Bonchev–Trinajstić information content (AvgIpc) is 2.97. The average molecular weight is 574 g/mol. The van der Waals surface area contributed by atoms with Gasteiger partial charge >= 0.3 is 5.97 Å². The molecule has 198 valence electrons. The van der Waals surface area contributed by atoms with E-state index < -0.39 is 33.8 Å². The van der Waals surface area contributed by atoms with Gasteiger partial charge in [0.1, 0.15) is 5.56 Å². The van der Waals surface area contributed by atoms with E-state index in [0.29, 0.717) is 23.8 Å². The van der Waals surface area contributed by atoms with Crippen molar-refractivity contribution in [2.75, 3.05) is 32.1 Å². The van der Waals surface area contributed by atoms with Gasteiger partial charge in [-0.15, -0.1) is 11.8 Å². The summed E-state index contributed by atoms with van der Waals surface area (Å²) in [4.78, 5) is 42.7. The topological polar surface area (TPSA) is 93.0 Å². The normalized spacial score (nSPS) is 17.2. The van der Waals surface area contributed by atoms with Crippen LogP contribution in [-0.2, 0) is 9.53 Å². The fourth-order valence-electron chi connectivity index (χ4n) is 4.05. The van der Waals surface area contributed by atoms with Crippen LogP contribution < -0.4 is 4.90 Å². The molecule has 1 unspecified atom stereocenters. The first-order valence-corrected chi connectivity index (χ1v) is 13.3. The Kier molecular flexibility index (Phi) is 8.62. The van der Waals surface area contributed by atoms with Crippen molar-refractivity contribution in [3.63, 3.8) is 0 Å². The number of ether oxygens (including phenoxy) is 1. The van der Waals surface area contributed by atoms with Crippen molar-refractivity contribution >= 4 is 58.2 Å². The van der Waals surface area contributed by atoms with E-state index >= 15 is 0 Å². The largest absolute Gasteiger partial charge is 0.447 e. The number of nitrogens with zero attached hydrogens (tertiary/aromatic N) is 3. The zero-order valence-electron chi connectivity index (χ0n) is 20.9. The first-order valence-electron chi connectivity index (χ1n) is 11.7. The van der Waals surface area contributed by atoms with Gasteiger partial charge in [0.25, 0.3) is 11.6 Å². The van der Waals surface area contributed by atoms with Gasteiger partial charge in [-0.2, -0.15) is 0 Å². The number of fused-ring (bicyclic) bond motifs is 1. The number of thioether (sulfide) groups is 1. The van der Waals surface area contributed by atoms with Crippen LogP contribution in [0.3, 0.4) is 0 Å². The van der Waals surface area contributed by atoms with Crippen LogP contribution in [0, 0.1) is 17.0 Å². The highest BCUT2D eigenvalue weighted by atomic mass is 35.5. The minimum Gasteiger partial charge on any atom is -0.447 e. The van der Waals surface area contributed by atoms with Crippen molar-refractivity contribution in [1.29, 1.82) is 0 Å². The van der Waals surface area contributed by atoms with Crippen molar-refractivity contribution in [1.82, 2.24) is 4.90 Å². The number of carbonyl (C=O) groups excluding carboxylic acids is 2. The molecule has 8 nitrogen and oxygen atoms in total. The monoisotopic (exact) mass is 573 g/mol. The summed E-state index contributed by atoms with van der Waals surface area (Å²) in [5, 5.41) is 11.6. The summed E-state index contributed by atoms with van der Waals surface area (Å²) in [7, 11) is 3.79. The molecule has 0 fully saturated rings. The third-order valence-electron chi connectivity index (χ3n) is 6.04. The molecule has 0 radical (unpaired) electrons. The first-order chi connectivity index (χ1) is 18.0. The van der Waals surface area contributed by atoms with Gasteiger partial charge in [-0.25, -0.2) is 4.79 Å². The van der Waals surface area contributed by atoms with E-state index in [1.807, 2.05) is 50.2 Å². The van der Waals surface area contributed by atoms with Crippen LogP contribution in [0.4, 0.5) is 11.4 Å². The number of hydrogen-bond donors (Lipinski definition) is 0. The Morgan fingerprint density at radius 1 is 1.08 bits per heavy atom.